The van der Waals surface area contributed by atoms with Gasteiger partial charge in [-0.25, -0.2) is 8.42 Å². The van der Waals surface area contributed by atoms with Crippen LogP contribution in [0, 0.1) is 0 Å². The molecule has 1 N–H and O–H groups in total. The first kappa shape index (κ1) is 17.6. The van der Waals surface area contributed by atoms with Crippen molar-refractivity contribution in [2.45, 2.75) is 37.8 Å². The highest BCUT2D eigenvalue weighted by Gasteiger charge is 2.28. The van der Waals surface area contributed by atoms with E-state index < -0.39 is 10.0 Å². The number of hydrogen-bond acceptors (Lipinski definition) is 5. The quantitative estimate of drug-likeness (QED) is 0.706. The van der Waals surface area contributed by atoms with Crippen LogP contribution in [0.1, 0.15) is 25.1 Å². The molecule has 1 atom stereocenters. The zero-order chi connectivity index (χ0) is 15.2. The summed E-state index contributed by atoms with van der Waals surface area (Å²) in [7, 11) is -0.293. The van der Waals surface area contributed by atoms with Gasteiger partial charge < -0.3 is 10.1 Å². The van der Waals surface area contributed by atoms with Crippen molar-refractivity contribution < 1.29 is 13.2 Å². The van der Waals surface area contributed by atoms with Gasteiger partial charge in [-0.1, -0.05) is 6.92 Å². The topological polar surface area (TPSA) is 58.6 Å². The number of rotatable bonds is 9. The average Bonchev–Trinajstić information content (AvgIpc) is 2.87. The summed E-state index contributed by atoms with van der Waals surface area (Å²) in [5, 5.41) is 5.07. The summed E-state index contributed by atoms with van der Waals surface area (Å²) in [4.78, 5) is 1.26. The fraction of sp³-hybridized carbons (Fsp3) is 0.692. The molecular weight excluding hydrogens is 296 g/mol. The minimum Gasteiger partial charge on any atom is -0.383 e. The second-order valence-corrected chi connectivity index (χ2v) is 7.68. The van der Waals surface area contributed by atoms with E-state index in [1.807, 2.05) is 12.3 Å². The van der Waals surface area contributed by atoms with Gasteiger partial charge in [0.25, 0.3) is 0 Å². The molecule has 116 valence electrons. The van der Waals surface area contributed by atoms with Crippen LogP contribution in [0.4, 0.5) is 0 Å². The van der Waals surface area contributed by atoms with E-state index in [2.05, 4.69) is 12.2 Å². The zero-order valence-electron chi connectivity index (χ0n) is 12.5. The van der Waals surface area contributed by atoms with E-state index in [4.69, 9.17) is 4.74 Å². The third kappa shape index (κ3) is 4.26. The number of nitrogens with zero attached hydrogens (tertiary/aromatic N) is 1. The smallest absolute Gasteiger partial charge is 0.244 e. The van der Waals surface area contributed by atoms with Crippen molar-refractivity contribution in [1.82, 2.24) is 9.62 Å². The maximum atomic E-state index is 12.6. The highest BCUT2D eigenvalue weighted by Crippen LogP contribution is 2.25. The number of sulfonamides is 1. The molecule has 1 aromatic rings. The molecule has 0 saturated carbocycles. The SMILES string of the molecule is CCCNCc1sccc1S(=O)(=O)N(C)C(C)COC. The van der Waals surface area contributed by atoms with Crippen molar-refractivity contribution in [3.63, 3.8) is 0 Å². The first-order valence-corrected chi connectivity index (χ1v) is 9.01. The summed E-state index contributed by atoms with van der Waals surface area (Å²) < 4.78 is 31.6. The molecule has 0 saturated heterocycles. The van der Waals surface area contributed by atoms with E-state index in [9.17, 15) is 8.42 Å². The van der Waals surface area contributed by atoms with Crippen molar-refractivity contribution in [2.24, 2.45) is 0 Å². The molecule has 0 aromatic carbocycles. The lowest BCUT2D eigenvalue weighted by Gasteiger charge is -2.23. The maximum absolute atomic E-state index is 12.6. The van der Waals surface area contributed by atoms with Crippen LogP contribution < -0.4 is 5.32 Å². The number of thiophene rings is 1. The summed E-state index contributed by atoms with van der Waals surface area (Å²) in [6.07, 6.45) is 1.03. The van der Waals surface area contributed by atoms with Gasteiger partial charge in [-0.2, -0.15) is 4.31 Å². The third-order valence-electron chi connectivity index (χ3n) is 3.10. The van der Waals surface area contributed by atoms with Crippen LogP contribution in [0.5, 0.6) is 0 Å². The summed E-state index contributed by atoms with van der Waals surface area (Å²) in [6.45, 7) is 5.77. The van der Waals surface area contributed by atoms with Crippen LogP contribution >= 0.6 is 11.3 Å². The Labute approximate surface area is 126 Å². The van der Waals surface area contributed by atoms with E-state index >= 15 is 0 Å². The van der Waals surface area contributed by atoms with E-state index in [1.54, 1.807) is 20.2 Å². The predicted molar refractivity (Wildman–Crippen MR) is 82.6 cm³/mol. The van der Waals surface area contributed by atoms with E-state index in [-0.39, 0.29) is 6.04 Å². The molecule has 0 bridgehead atoms. The lowest BCUT2D eigenvalue weighted by atomic mass is 10.4. The summed E-state index contributed by atoms with van der Waals surface area (Å²) in [5.74, 6) is 0. The molecule has 0 aliphatic carbocycles. The van der Waals surface area contributed by atoms with Crippen molar-refractivity contribution in [2.75, 3.05) is 27.3 Å². The van der Waals surface area contributed by atoms with Gasteiger partial charge in [0.1, 0.15) is 0 Å². The number of likely N-dealkylation sites (N-methyl/N-ethyl adjacent to an activating group) is 1. The molecule has 0 aliphatic heterocycles. The van der Waals surface area contributed by atoms with Crippen molar-refractivity contribution >= 4 is 21.4 Å². The van der Waals surface area contributed by atoms with Gasteiger partial charge in [-0.15, -0.1) is 11.3 Å². The second kappa shape index (κ2) is 8.09. The minimum absolute atomic E-state index is 0.193. The summed E-state index contributed by atoms with van der Waals surface area (Å²) >= 11 is 1.47. The highest BCUT2D eigenvalue weighted by molar-refractivity contribution is 7.89. The van der Waals surface area contributed by atoms with Gasteiger partial charge in [0.2, 0.25) is 10.0 Å². The number of ether oxygens (including phenoxy) is 1. The Kier molecular flexibility index (Phi) is 7.11. The molecular formula is C13H24N2O3S2. The molecule has 1 aromatic heterocycles. The Hall–Kier alpha value is -0.470. The molecule has 0 radical (unpaired) electrons. The summed E-state index contributed by atoms with van der Waals surface area (Å²) in [5.41, 5.74) is 0. The average molecular weight is 320 g/mol. The molecule has 0 amide bonds. The van der Waals surface area contributed by atoms with Gasteiger partial charge in [0.15, 0.2) is 0 Å². The lowest BCUT2D eigenvalue weighted by molar-refractivity contribution is 0.149. The van der Waals surface area contributed by atoms with E-state index in [0.29, 0.717) is 18.0 Å². The predicted octanol–water partition coefficient (Wildman–Crippen LogP) is 1.90. The number of nitrogens with one attached hydrogen (secondary N) is 1. The first-order valence-electron chi connectivity index (χ1n) is 6.69. The number of hydrogen-bond donors (Lipinski definition) is 1. The van der Waals surface area contributed by atoms with Crippen LogP contribution in [0.2, 0.25) is 0 Å². The third-order valence-corrected chi connectivity index (χ3v) is 6.21. The largest absolute Gasteiger partial charge is 0.383 e. The molecule has 7 heteroatoms. The first-order chi connectivity index (χ1) is 9.45. The Morgan fingerprint density at radius 1 is 1.50 bits per heavy atom. The van der Waals surface area contributed by atoms with Crippen LogP contribution in [-0.4, -0.2) is 46.1 Å². The molecule has 0 spiro atoms. The van der Waals surface area contributed by atoms with Crippen molar-refractivity contribution in [1.29, 1.82) is 0 Å². The molecule has 20 heavy (non-hydrogen) atoms. The molecule has 0 aliphatic rings. The molecule has 1 unspecified atom stereocenters. The number of methoxy groups -OCH3 is 1. The van der Waals surface area contributed by atoms with Gasteiger partial charge in [0, 0.05) is 31.6 Å². The standard InChI is InChI=1S/C13H24N2O3S2/c1-5-7-14-9-12-13(6-8-19-12)20(16,17)15(3)11(2)10-18-4/h6,8,11,14H,5,7,9-10H2,1-4H3. The second-order valence-electron chi connectivity index (χ2n) is 4.71. The highest BCUT2D eigenvalue weighted by atomic mass is 32.2. The van der Waals surface area contributed by atoms with Crippen LogP contribution in [0.15, 0.2) is 16.3 Å². The van der Waals surface area contributed by atoms with Gasteiger partial charge in [-0.3, -0.25) is 0 Å². The minimum atomic E-state index is -3.46. The van der Waals surface area contributed by atoms with Gasteiger partial charge in [0.05, 0.1) is 11.5 Å². The van der Waals surface area contributed by atoms with E-state index in [0.717, 1.165) is 17.8 Å². The molecule has 5 nitrogen and oxygen atoms in total. The lowest BCUT2D eigenvalue weighted by Crippen LogP contribution is -2.38. The van der Waals surface area contributed by atoms with E-state index in [1.165, 1.54) is 15.6 Å². The molecule has 1 heterocycles. The van der Waals surface area contributed by atoms with Crippen molar-refractivity contribution in [3.8, 4) is 0 Å². The van der Waals surface area contributed by atoms with Gasteiger partial charge in [-0.05, 0) is 31.3 Å². The fourth-order valence-corrected chi connectivity index (χ4v) is 4.53. The van der Waals surface area contributed by atoms with Crippen molar-refractivity contribution in [3.05, 3.63) is 16.3 Å². The van der Waals surface area contributed by atoms with Gasteiger partial charge >= 0.3 is 0 Å². The monoisotopic (exact) mass is 320 g/mol. The molecule has 0 fully saturated rings. The zero-order valence-corrected chi connectivity index (χ0v) is 14.2. The van der Waals surface area contributed by atoms with Crippen LogP contribution in [0.25, 0.3) is 0 Å². The van der Waals surface area contributed by atoms with Crippen LogP contribution in [0.3, 0.4) is 0 Å². The maximum Gasteiger partial charge on any atom is 0.244 e. The summed E-state index contributed by atoms with van der Waals surface area (Å²) in [6, 6.07) is 1.49. The Morgan fingerprint density at radius 3 is 2.80 bits per heavy atom. The Balaban J connectivity index is 2.89. The normalized spacial score (nSPS) is 13.8. The Morgan fingerprint density at radius 2 is 2.20 bits per heavy atom. The Bertz CT molecular complexity index is 499. The van der Waals surface area contributed by atoms with Crippen LogP contribution in [-0.2, 0) is 21.3 Å². The molecule has 1 rings (SSSR count). The fourth-order valence-electron chi connectivity index (χ4n) is 1.80.